The van der Waals surface area contributed by atoms with Crippen molar-refractivity contribution in [3.8, 4) is 0 Å². The van der Waals surface area contributed by atoms with Gasteiger partial charge >= 0.3 is 0 Å². The summed E-state index contributed by atoms with van der Waals surface area (Å²) >= 11 is 12.3. The van der Waals surface area contributed by atoms with Crippen LogP contribution in [0.2, 0.25) is 10.0 Å². The molecule has 0 radical (unpaired) electrons. The average Bonchev–Trinajstić information content (AvgIpc) is 2.36. The number of nitrogens with two attached hydrogens (primary N) is 1. The fourth-order valence-corrected chi connectivity index (χ4v) is 2.24. The molecule has 102 valence electrons. The van der Waals surface area contributed by atoms with Crippen LogP contribution in [0.15, 0.2) is 18.2 Å². The van der Waals surface area contributed by atoms with Gasteiger partial charge in [0.05, 0.1) is 0 Å². The molecule has 0 fully saturated rings. The Morgan fingerprint density at radius 1 is 1.28 bits per heavy atom. The minimum atomic E-state index is 0.110. The maximum absolute atomic E-state index is 6.13. The quantitative estimate of drug-likeness (QED) is 0.439. The van der Waals surface area contributed by atoms with E-state index in [1.165, 1.54) is 0 Å². The standard InChI is InChI=1S/C13H20Cl2N2O/c1-2-7-18-8-6-10(17-16)9-11-12(14)4-3-5-13(11)15/h3-5,10,17H,2,6-9,16H2,1H3. The van der Waals surface area contributed by atoms with Crippen molar-refractivity contribution in [2.75, 3.05) is 13.2 Å². The first kappa shape index (κ1) is 15.7. The molecule has 1 unspecified atom stereocenters. The Morgan fingerprint density at radius 3 is 2.50 bits per heavy atom. The van der Waals surface area contributed by atoms with Crippen molar-refractivity contribution in [3.05, 3.63) is 33.8 Å². The van der Waals surface area contributed by atoms with Gasteiger partial charge in [0, 0.05) is 29.3 Å². The van der Waals surface area contributed by atoms with Crippen LogP contribution in [0, 0.1) is 0 Å². The summed E-state index contributed by atoms with van der Waals surface area (Å²) in [5, 5.41) is 1.36. The lowest BCUT2D eigenvalue weighted by molar-refractivity contribution is 0.124. The van der Waals surface area contributed by atoms with E-state index in [0.29, 0.717) is 23.1 Å². The lowest BCUT2D eigenvalue weighted by Crippen LogP contribution is -2.37. The second-order valence-electron chi connectivity index (χ2n) is 4.17. The van der Waals surface area contributed by atoms with E-state index in [9.17, 15) is 0 Å². The molecule has 0 bridgehead atoms. The number of rotatable bonds is 8. The molecule has 0 aliphatic carbocycles. The number of benzene rings is 1. The van der Waals surface area contributed by atoms with Gasteiger partial charge < -0.3 is 4.74 Å². The van der Waals surface area contributed by atoms with E-state index >= 15 is 0 Å². The highest BCUT2D eigenvalue weighted by Gasteiger charge is 2.12. The van der Waals surface area contributed by atoms with Gasteiger partial charge in [0.2, 0.25) is 0 Å². The van der Waals surface area contributed by atoms with Crippen LogP contribution in [0.4, 0.5) is 0 Å². The monoisotopic (exact) mass is 290 g/mol. The third-order valence-electron chi connectivity index (χ3n) is 2.71. The molecular formula is C13H20Cl2N2O. The van der Waals surface area contributed by atoms with Crippen molar-refractivity contribution in [2.45, 2.75) is 32.2 Å². The van der Waals surface area contributed by atoms with Gasteiger partial charge in [0.25, 0.3) is 0 Å². The highest BCUT2D eigenvalue weighted by atomic mass is 35.5. The summed E-state index contributed by atoms with van der Waals surface area (Å²) in [6.07, 6.45) is 2.56. The molecule has 1 rings (SSSR count). The van der Waals surface area contributed by atoms with E-state index in [-0.39, 0.29) is 6.04 Å². The number of hydrogen-bond acceptors (Lipinski definition) is 3. The first-order chi connectivity index (χ1) is 8.69. The predicted octanol–water partition coefficient (Wildman–Crippen LogP) is 3.18. The van der Waals surface area contributed by atoms with E-state index < -0.39 is 0 Å². The van der Waals surface area contributed by atoms with Gasteiger partial charge in [-0.3, -0.25) is 11.3 Å². The Bertz CT molecular complexity index is 341. The van der Waals surface area contributed by atoms with Crippen molar-refractivity contribution in [2.24, 2.45) is 5.84 Å². The number of nitrogens with one attached hydrogen (secondary N) is 1. The molecule has 0 amide bonds. The summed E-state index contributed by atoms with van der Waals surface area (Å²) in [7, 11) is 0. The molecule has 0 spiro atoms. The highest BCUT2D eigenvalue weighted by molar-refractivity contribution is 6.35. The van der Waals surface area contributed by atoms with E-state index in [1.807, 2.05) is 18.2 Å². The Labute approximate surface area is 119 Å². The second kappa shape index (κ2) is 8.73. The zero-order valence-electron chi connectivity index (χ0n) is 10.6. The fraction of sp³-hybridized carbons (Fsp3) is 0.538. The van der Waals surface area contributed by atoms with Crippen LogP contribution in [-0.2, 0) is 11.2 Å². The van der Waals surface area contributed by atoms with E-state index in [0.717, 1.165) is 25.0 Å². The molecule has 0 saturated heterocycles. The van der Waals surface area contributed by atoms with Gasteiger partial charge in [-0.2, -0.15) is 0 Å². The molecule has 3 N–H and O–H groups in total. The zero-order chi connectivity index (χ0) is 13.4. The SMILES string of the molecule is CCCOCCC(Cc1c(Cl)cccc1Cl)NN. The molecular weight excluding hydrogens is 271 g/mol. The number of hydrazine groups is 1. The van der Waals surface area contributed by atoms with Crippen LogP contribution in [-0.4, -0.2) is 19.3 Å². The first-order valence-corrected chi connectivity index (χ1v) is 6.91. The molecule has 0 aliphatic heterocycles. The minimum Gasteiger partial charge on any atom is -0.381 e. The van der Waals surface area contributed by atoms with Crippen LogP contribution in [0.1, 0.15) is 25.3 Å². The van der Waals surface area contributed by atoms with Crippen molar-refractivity contribution < 1.29 is 4.74 Å². The molecule has 1 atom stereocenters. The van der Waals surface area contributed by atoms with Crippen LogP contribution in [0.5, 0.6) is 0 Å². The average molecular weight is 291 g/mol. The number of halogens is 2. The molecule has 0 saturated carbocycles. The third-order valence-corrected chi connectivity index (χ3v) is 3.42. The van der Waals surface area contributed by atoms with Gasteiger partial charge in [-0.15, -0.1) is 0 Å². The molecule has 1 aromatic carbocycles. The van der Waals surface area contributed by atoms with Gasteiger partial charge in [0.15, 0.2) is 0 Å². The molecule has 0 heterocycles. The van der Waals surface area contributed by atoms with E-state index in [1.54, 1.807) is 0 Å². The normalized spacial score (nSPS) is 12.7. The largest absolute Gasteiger partial charge is 0.381 e. The number of ether oxygens (including phenoxy) is 1. The smallest absolute Gasteiger partial charge is 0.0481 e. The van der Waals surface area contributed by atoms with Crippen LogP contribution >= 0.6 is 23.2 Å². The summed E-state index contributed by atoms with van der Waals surface area (Å²) in [5.41, 5.74) is 3.71. The maximum Gasteiger partial charge on any atom is 0.0481 e. The Morgan fingerprint density at radius 2 is 1.94 bits per heavy atom. The topological polar surface area (TPSA) is 47.3 Å². The van der Waals surface area contributed by atoms with Crippen molar-refractivity contribution >= 4 is 23.2 Å². The summed E-state index contributed by atoms with van der Waals surface area (Å²) in [4.78, 5) is 0. The predicted molar refractivity (Wildman–Crippen MR) is 77.0 cm³/mol. The molecule has 0 aliphatic rings. The number of hydrogen-bond donors (Lipinski definition) is 2. The van der Waals surface area contributed by atoms with Gasteiger partial charge in [-0.1, -0.05) is 36.2 Å². The van der Waals surface area contributed by atoms with Crippen LogP contribution in [0.3, 0.4) is 0 Å². The van der Waals surface area contributed by atoms with Gasteiger partial charge in [-0.05, 0) is 37.0 Å². The van der Waals surface area contributed by atoms with Crippen molar-refractivity contribution in [1.29, 1.82) is 0 Å². The molecule has 18 heavy (non-hydrogen) atoms. The van der Waals surface area contributed by atoms with Crippen molar-refractivity contribution in [1.82, 2.24) is 5.43 Å². The molecule has 3 nitrogen and oxygen atoms in total. The van der Waals surface area contributed by atoms with Gasteiger partial charge in [-0.25, -0.2) is 0 Å². The Balaban J connectivity index is 2.52. The lowest BCUT2D eigenvalue weighted by Gasteiger charge is -2.17. The highest BCUT2D eigenvalue weighted by Crippen LogP contribution is 2.25. The van der Waals surface area contributed by atoms with E-state index in [2.05, 4.69) is 12.3 Å². The maximum atomic E-state index is 6.13. The molecule has 5 heteroatoms. The van der Waals surface area contributed by atoms with Crippen molar-refractivity contribution in [3.63, 3.8) is 0 Å². The Kier molecular flexibility index (Phi) is 7.63. The summed E-state index contributed by atoms with van der Waals surface area (Å²) < 4.78 is 5.45. The van der Waals surface area contributed by atoms with E-state index in [4.69, 9.17) is 33.8 Å². The second-order valence-corrected chi connectivity index (χ2v) is 4.98. The molecule has 0 aromatic heterocycles. The van der Waals surface area contributed by atoms with Crippen LogP contribution in [0.25, 0.3) is 0 Å². The summed E-state index contributed by atoms with van der Waals surface area (Å²) in [5.74, 6) is 5.54. The fourth-order valence-electron chi connectivity index (χ4n) is 1.69. The molecule has 1 aromatic rings. The lowest BCUT2D eigenvalue weighted by atomic mass is 10.0. The Hall–Kier alpha value is -0.320. The van der Waals surface area contributed by atoms with Gasteiger partial charge in [0.1, 0.15) is 0 Å². The van der Waals surface area contributed by atoms with Crippen LogP contribution < -0.4 is 11.3 Å². The third kappa shape index (κ3) is 5.12. The zero-order valence-corrected chi connectivity index (χ0v) is 12.1. The minimum absolute atomic E-state index is 0.110. The summed E-state index contributed by atoms with van der Waals surface area (Å²) in [6.45, 7) is 3.55. The summed E-state index contributed by atoms with van der Waals surface area (Å²) in [6, 6.07) is 5.62. The first-order valence-electron chi connectivity index (χ1n) is 6.15.